The molecule has 2 rings (SSSR count). The van der Waals surface area contributed by atoms with Gasteiger partial charge in [0, 0.05) is 13.1 Å². The monoisotopic (exact) mass is 289 g/mol. The van der Waals surface area contributed by atoms with Crippen LogP contribution in [0.15, 0.2) is 18.2 Å². The summed E-state index contributed by atoms with van der Waals surface area (Å²) in [7, 11) is 0. The van der Waals surface area contributed by atoms with Crippen LogP contribution in [0.3, 0.4) is 0 Å². The van der Waals surface area contributed by atoms with Gasteiger partial charge < -0.3 is 5.32 Å². The highest BCUT2D eigenvalue weighted by molar-refractivity contribution is 5.37. The number of rotatable bonds is 6. The molecular formula is C17H24FN3. The molecule has 0 radical (unpaired) electrons. The minimum Gasteiger partial charge on any atom is -0.316 e. The first-order chi connectivity index (χ1) is 10.2. The number of hydrogen-bond acceptors (Lipinski definition) is 3. The number of nitriles is 1. The van der Waals surface area contributed by atoms with Crippen LogP contribution in [0, 0.1) is 23.1 Å². The van der Waals surface area contributed by atoms with Crippen LogP contribution in [-0.4, -0.2) is 31.1 Å². The molecule has 0 saturated carbocycles. The molecule has 21 heavy (non-hydrogen) atoms. The Bertz CT molecular complexity index is 495. The average Bonchev–Trinajstić information content (AvgIpc) is 2.48. The van der Waals surface area contributed by atoms with Crippen LogP contribution in [-0.2, 0) is 6.54 Å². The van der Waals surface area contributed by atoms with Gasteiger partial charge in [-0.15, -0.1) is 0 Å². The first-order valence-corrected chi connectivity index (χ1v) is 7.84. The van der Waals surface area contributed by atoms with Crippen molar-refractivity contribution in [3.63, 3.8) is 0 Å². The maximum atomic E-state index is 13.4. The highest BCUT2D eigenvalue weighted by Crippen LogP contribution is 2.20. The summed E-state index contributed by atoms with van der Waals surface area (Å²) in [6.07, 6.45) is 3.59. The van der Waals surface area contributed by atoms with Crippen molar-refractivity contribution in [2.75, 3.05) is 26.2 Å². The zero-order valence-corrected chi connectivity index (χ0v) is 12.7. The minimum atomic E-state index is -0.262. The topological polar surface area (TPSA) is 39.1 Å². The molecule has 4 heteroatoms. The molecule has 0 aliphatic carbocycles. The summed E-state index contributed by atoms with van der Waals surface area (Å²) >= 11 is 0. The number of likely N-dealkylation sites (tertiary alicyclic amines) is 1. The number of benzene rings is 1. The van der Waals surface area contributed by atoms with Crippen molar-refractivity contribution >= 4 is 0 Å². The van der Waals surface area contributed by atoms with Crippen LogP contribution in [0.5, 0.6) is 0 Å². The standard InChI is InChI=1S/C17H24FN3/c1-2-7-20-11-14-4-3-8-21(12-14)13-16-9-17(18)6-5-15(16)10-19/h5-6,9,14,20H,2-4,7-8,11-13H2,1H3. The third-order valence-corrected chi connectivity index (χ3v) is 4.04. The molecule has 0 spiro atoms. The van der Waals surface area contributed by atoms with E-state index in [1.54, 1.807) is 6.07 Å². The first-order valence-electron chi connectivity index (χ1n) is 7.84. The Morgan fingerprint density at radius 1 is 1.48 bits per heavy atom. The van der Waals surface area contributed by atoms with Crippen molar-refractivity contribution in [2.24, 2.45) is 5.92 Å². The highest BCUT2D eigenvalue weighted by atomic mass is 19.1. The van der Waals surface area contributed by atoms with Crippen molar-refractivity contribution in [3.8, 4) is 6.07 Å². The second-order valence-corrected chi connectivity index (χ2v) is 5.86. The van der Waals surface area contributed by atoms with Crippen molar-refractivity contribution in [1.29, 1.82) is 5.26 Å². The lowest BCUT2D eigenvalue weighted by atomic mass is 9.97. The Balaban J connectivity index is 1.93. The van der Waals surface area contributed by atoms with E-state index in [1.165, 1.54) is 25.0 Å². The van der Waals surface area contributed by atoms with Crippen LogP contribution in [0.4, 0.5) is 4.39 Å². The first kappa shape index (κ1) is 15.9. The third kappa shape index (κ3) is 4.80. The van der Waals surface area contributed by atoms with E-state index in [9.17, 15) is 4.39 Å². The van der Waals surface area contributed by atoms with Crippen LogP contribution < -0.4 is 5.32 Å². The van der Waals surface area contributed by atoms with Crippen molar-refractivity contribution < 1.29 is 4.39 Å². The molecule has 1 aromatic carbocycles. The lowest BCUT2D eigenvalue weighted by Gasteiger charge is -2.33. The van der Waals surface area contributed by atoms with Gasteiger partial charge >= 0.3 is 0 Å². The molecule has 1 aromatic rings. The van der Waals surface area contributed by atoms with Crippen LogP contribution in [0.25, 0.3) is 0 Å². The molecule has 114 valence electrons. The highest BCUT2D eigenvalue weighted by Gasteiger charge is 2.20. The molecule has 1 heterocycles. The number of hydrogen-bond donors (Lipinski definition) is 1. The molecule has 1 aliphatic heterocycles. The summed E-state index contributed by atoms with van der Waals surface area (Å²) in [6, 6.07) is 6.59. The number of halogens is 1. The Kier molecular flexibility index (Phi) is 6.16. The minimum absolute atomic E-state index is 0.262. The predicted molar refractivity (Wildman–Crippen MR) is 82.3 cm³/mol. The molecule has 1 saturated heterocycles. The van der Waals surface area contributed by atoms with E-state index in [-0.39, 0.29) is 5.82 Å². The summed E-state index contributed by atoms with van der Waals surface area (Å²) in [5.41, 5.74) is 1.39. The third-order valence-electron chi connectivity index (χ3n) is 4.04. The number of nitrogens with zero attached hydrogens (tertiary/aromatic N) is 2. The maximum absolute atomic E-state index is 13.4. The molecule has 1 N–H and O–H groups in total. The van der Waals surface area contributed by atoms with E-state index in [0.29, 0.717) is 18.0 Å². The second kappa shape index (κ2) is 8.11. The summed E-state index contributed by atoms with van der Waals surface area (Å²) in [6.45, 7) is 7.03. The Morgan fingerprint density at radius 3 is 3.10 bits per heavy atom. The fraction of sp³-hybridized carbons (Fsp3) is 0.588. The summed E-state index contributed by atoms with van der Waals surface area (Å²) in [5, 5.41) is 12.6. The van der Waals surface area contributed by atoms with Gasteiger partial charge in [-0.05, 0) is 68.6 Å². The quantitative estimate of drug-likeness (QED) is 0.818. The van der Waals surface area contributed by atoms with Crippen molar-refractivity contribution in [2.45, 2.75) is 32.7 Å². The molecule has 3 nitrogen and oxygen atoms in total. The molecule has 1 unspecified atom stereocenters. The van der Waals surface area contributed by atoms with Gasteiger partial charge in [-0.2, -0.15) is 5.26 Å². The Morgan fingerprint density at radius 2 is 2.33 bits per heavy atom. The molecule has 0 aromatic heterocycles. The van der Waals surface area contributed by atoms with Crippen LogP contribution >= 0.6 is 0 Å². The summed E-state index contributed by atoms with van der Waals surface area (Å²) < 4.78 is 13.4. The van der Waals surface area contributed by atoms with Gasteiger partial charge in [0.05, 0.1) is 11.6 Å². The molecule has 1 fully saturated rings. The second-order valence-electron chi connectivity index (χ2n) is 5.86. The zero-order valence-electron chi connectivity index (χ0n) is 12.7. The summed E-state index contributed by atoms with van der Waals surface area (Å²) in [4.78, 5) is 2.34. The van der Waals surface area contributed by atoms with Gasteiger partial charge in [0.1, 0.15) is 5.82 Å². The Labute approximate surface area is 126 Å². The van der Waals surface area contributed by atoms with E-state index in [0.717, 1.165) is 38.2 Å². The fourth-order valence-corrected chi connectivity index (χ4v) is 2.99. The van der Waals surface area contributed by atoms with Crippen molar-refractivity contribution in [1.82, 2.24) is 10.2 Å². The van der Waals surface area contributed by atoms with E-state index < -0.39 is 0 Å². The largest absolute Gasteiger partial charge is 0.316 e. The fourth-order valence-electron chi connectivity index (χ4n) is 2.99. The Hall–Kier alpha value is -1.44. The SMILES string of the molecule is CCCNCC1CCCN(Cc2cc(F)ccc2C#N)C1. The molecule has 1 atom stereocenters. The van der Waals surface area contributed by atoms with Gasteiger partial charge in [-0.3, -0.25) is 4.90 Å². The predicted octanol–water partition coefficient (Wildman–Crippen LogP) is 2.91. The molecule has 1 aliphatic rings. The normalized spacial score (nSPS) is 19.4. The van der Waals surface area contributed by atoms with E-state index in [2.05, 4.69) is 23.2 Å². The maximum Gasteiger partial charge on any atom is 0.123 e. The zero-order chi connectivity index (χ0) is 15.1. The number of nitrogens with one attached hydrogen (secondary N) is 1. The smallest absolute Gasteiger partial charge is 0.123 e. The van der Waals surface area contributed by atoms with E-state index in [1.807, 2.05) is 0 Å². The lowest BCUT2D eigenvalue weighted by molar-refractivity contribution is 0.165. The van der Waals surface area contributed by atoms with E-state index >= 15 is 0 Å². The van der Waals surface area contributed by atoms with Crippen molar-refractivity contribution in [3.05, 3.63) is 35.1 Å². The van der Waals surface area contributed by atoms with E-state index in [4.69, 9.17) is 5.26 Å². The van der Waals surface area contributed by atoms with Gasteiger partial charge in [-0.1, -0.05) is 6.92 Å². The molecule has 0 amide bonds. The summed E-state index contributed by atoms with van der Waals surface area (Å²) in [5.74, 6) is 0.395. The van der Waals surface area contributed by atoms with Gasteiger partial charge in [0.15, 0.2) is 0 Å². The van der Waals surface area contributed by atoms with Gasteiger partial charge in [0.2, 0.25) is 0 Å². The molecule has 0 bridgehead atoms. The lowest BCUT2D eigenvalue weighted by Crippen LogP contribution is -2.39. The van der Waals surface area contributed by atoms with Gasteiger partial charge in [-0.25, -0.2) is 4.39 Å². The number of piperidine rings is 1. The van der Waals surface area contributed by atoms with Gasteiger partial charge in [0.25, 0.3) is 0 Å². The molecular weight excluding hydrogens is 265 g/mol. The average molecular weight is 289 g/mol. The van der Waals surface area contributed by atoms with Crippen LogP contribution in [0.2, 0.25) is 0 Å². The van der Waals surface area contributed by atoms with Crippen LogP contribution in [0.1, 0.15) is 37.3 Å².